The van der Waals surface area contributed by atoms with Crippen LogP contribution in [0, 0.1) is 5.92 Å². The average molecular weight is 316 g/mol. The number of nitrogens with one attached hydrogen (secondary N) is 1. The Balaban J connectivity index is 3.02. The van der Waals surface area contributed by atoms with Crippen LogP contribution in [0.1, 0.15) is 26.3 Å². The van der Waals surface area contributed by atoms with E-state index in [0.29, 0.717) is 5.92 Å². The quantitative estimate of drug-likeness (QED) is 0.461. The van der Waals surface area contributed by atoms with Gasteiger partial charge in [-0.2, -0.15) is 0 Å². The lowest BCUT2D eigenvalue weighted by Crippen LogP contribution is -2.35. The van der Waals surface area contributed by atoms with Crippen molar-refractivity contribution in [3.8, 4) is 0 Å². The number of hydrogen-bond donors (Lipinski definition) is 1. The molecule has 0 spiro atoms. The van der Waals surface area contributed by atoms with Crippen molar-refractivity contribution in [1.29, 1.82) is 0 Å². The molecular formula is C19H29NOSi. The molecule has 0 bridgehead atoms. The highest BCUT2D eigenvalue weighted by molar-refractivity contribution is 6.81. The molecule has 1 aromatic rings. The van der Waals surface area contributed by atoms with Crippen LogP contribution >= 0.6 is 0 Å². The maximum Gasteiger partial charge on any atom is 0.244 e. The molecule has 3 heteroatoms. The van der Waals surface area contributed by atoms with Gasteiger partial charge < -0.3 is 5.32 Å². The van der Waals surface area contributed by atoms with E-state index in [1.54, 1.807) is 6.08 Å². The number of hydrogen-bond acceptors (Lipinski definition) is 1. The van der Waals surface area contributed by atoms with Gasteiger partial charge in [0.15, 0.2) is 0 Å². The largest absolute Gasteiger partial charge is 0.350 e. The minimum atomic E-state index is -1.31. The second kappa shape index (κ2) is 8.13. The zero-order chi connectivity index (χ0) is 16.8. The molecule has 0 aliphatic heterocycles. The van der Waals surface area contributed by atoms with E-state index in [9.17, 15) is 4.79 Å². The Hall–Kier alpha value is -1.61. The van der Waals surface area contributed by atoms with E-state index in [2.05, 4.69) is 50.6 Å². The minimum Gasteiger partial charge on any atom is -0.350 e. The smallest absolute Gasteiger partial charge is 0.244 e. The van der Waals surface area contributed by atoms with Gasteiger partial charge in [0.05, 0.1) is 8.07 Å². The van der Waals surface area contributed by atoms with Gasteiger partial charge in [-0.15, -0.1) is 0 Å². The van der Waals surface area contributed by atoms with Gasteiger partial charge in [0.1, 0.15) is 0 Å². The Bertz CT molecular complexity index is 538. The van der Waals surface area contributed by atoms with Gasteiger partial charge in [-0.25, -0.2) is 0 Å². The predicted octanol–water partition coefficient (Wildman–Crippen LogP) is 4.66. The molecule has 0 aliphatic rings. The number of carbonyl (C=O) groups excluding carboxylic acids is 1. The molecule has 0 saturated carbocycles. The van der Waals surface area contributed by atoms with Crippen LogP contribution in [-0.2, 0) is 4.79 Å². The van der Waals surface area contributed by atoms with Crippen LogP contribution in [0.5, 0.6) is 0 Å². The Kier molecular flexibility index (Phi) is 6.82. The molecule has 22 heavy (non-hydrogen) atoms. The van der Waals surface area contributed by atoms with E-state index >= 15 is 0 Å². The van der Waals surface area contributed by atoms with E-state index < -0.39 is 8.07 Å². The molecule has 0 fully saturated rings. The van der Waals surface area contributed by atoms with Crippen LogP contribution in [0.15, 0.2) is 48.2 Å². The number of allylic oxidation sites excluding steroid dienone is 2. The molecule has 1 aromatic carbocycles. The fourth-order valence-electron chi connectivity index (χ4n) is 1.77. The lowest BCUT2D eigenvalue weighted by atomic mass is 10.0. The topological polar surface area (TPSA) is 29.1 Å². The van der Waals surface area contributed by atoms with Gasteiger partial charge >= 0.3 is 0 Å². The highest BCUT2D eigenvalue weighted by atomic mass is 28.3. The van der Waals surface area contributed by atoms with Crippen LogP contribution in [0.25, 0.3) is 5.57 Å². The lowest BCUT2D eigenvalue weighted by molar-refractivity contribution is -0.117. The van der Waals surface area contributed by atoms with Gasteiger partial charge in [-0.3, -0.25) is 4.79 Å². The summed E-state index contributed by atoms with van der Waals surface area (Å²) < 4.78 is 0. The van der Waals surface area contributed by atoms with Crippen LogP contribution < -0.4 is 5.32 Å². The van der Waals surface area contributed by atoms with E-state index in [0.717, 1.165) is 11.1 Å². The standard InChI is InChI=1S/C19H29NOSi/c1-15(2)16(3)20-19(21)14-18(12-13-22(4,5)6)17-10-8-7-9-11-17/h7-16H,1-6H3,(H,20,21)/b13-12+,18-14+. The molecule has 0 heterocycles. The van der Waals surface area contributed by atoms with Gasteiger partial charge in [0.2, 0.25) is 5.91 Å². The summed E-state index contributed by atoms with van der Waals surface area (Å²) in [4.78, 5) is 12.3. The maximum atomic E-state index is 12.3. The number of amides is 1. The predicted molar refractivity (Wildman–Crippen MR) is 99.3 cm³/mol. The molecule has 1 N–H and O–H groups in total. The molecule has 0 aliphatic carbocycles. The Morgan fingerprint density at radius 3 is 2.18 bits per heavy atom. The second-order valence-corrected chi connectivity index (χ2v) is 12.3. The van der Waals surface area contributed by atoms with Crippen molar-refractivity contribution in [2.75, 3.05) is 0 Å². The van der Waals surface area contributed by atoms with Crippen molar-refractivity contribution in [2.45, 2.75) is 46.5 Å². The third kappa shape index (κ3) is 6.90. The van der Waals surface area contributed by atoms with E-state index in [-0.39, 0.29) is 11.9 Å². The molecule has 120 valence electrons. The van der Waals surface area contributed by atoms with Crippen molar-refractivity contribution in [3.63, 3.8) is 0 Å². The molecule has 1 atom stereocenters. The van der Waals surface area contributed by atoms with Crippen LogP contribution in [0.2, 0.25) is 19.6 Å². The summed E-state index contributed by atoms with van der Waals surface area (Å²) in [6.07, 6.45) is 3.81. The molecule has 0 aromatic heterocycles. The fraction of sp³-hybridized carbons (Fsp3) is 0.421. The summed E-state index contributed by atoms with van der Waals surface area (Å²) in [5, 5.41) is 3.04. The first-order valence-electron chi connectivity index (χ1n) is 7.96. The highest BCUT2D eigenvalue weighted by Gasteiger charge is 2.11. The highest BCUT2D eigenvalue weighted by Crippen LogP contribution is 2.17. The molecule has 0 saturated heterocycles. The summed E-state index contributed by atoms with van der Waals surface area (Å²) in [6, 6.07) is 10.2. The van der Waals surface area contributed by atoms with E-state index in [1.807, 2.05) is 37.3 Å². The van der Waals surface area contributed by atoms with Crippen LogP contribution in [0.4, 0.5) is 0 Å². The summed E-state index contributed by atoms with van der Waals surface area (Å²) >= 11 is 0. The van der Waals surface area contributed by atoms with Crippen molar-refractivity contribution in [2.24, 2.45) is 5.92 Å². The summed E-state index contributed by atoms with van der Waals surface area (Å²) in [6.45, 7) is 13.1. The van der Waals surface area contributed by atoms with Crippen molar-refractivity contribution in [1.82, 2.24) is 5.32 Å². The van der Waals surface area contributed by atoms with Gasteiger partial charge in [0.25, 0.3) is 0 Å². The molecule has 0 radical (unpaired) electrons. The molecular weight excluding hydrogens is 286 g/mol. The zero-order valence-corrected chi connectivity index (χ0v) is 15.7. The molecule has 2 nitrogen and oxygen atoms in total. The zero-order valence-electron chi connectivity index (χ0n) is 14.7. The van der Waals surface area contributed by atoms with Crippen LogP contribution in [0.3, 0.4) is 0 Å². The van der Waals surface area contributed by atoms with Crippen molar-refractivity contribution in [3.05, 3.63) is 53.7 Å². The van der Waals surface area contributed by atoms with Crippen LogP contribution in [-0.4, -0.2) is 20.0 Å². The Morgan fingerprint density at radius 1 is 1.09 bits per heavy atom. The molecule has 1 rings (SSSR count). The number of rotatable bonds is 6. The van der Waals surface area contributed by atoms with Crippen molar-refractivity contribution >= 4 is 19.6 Å². The summed E-state index contributed by atoms with van der Waals surface area (Å²) in [5.74, 6) is 0.398. The first-order valence-corrected chi connectivity index (χ1v) is 11.5. The first kappa shape index (κ1) is 18.4. The van der Waals surface area contributed by atoms with Gasteiger partial charge in [-0.1, -0.05) is 75.6 Å². The third-order valence-corrected chi connectivity index (χ3v) is 4.69. The monoisotopic (exact) mass is 315 g/mol. The van der Waals surface area contributed by atoms with Crippen molar-refractivity contribution < 1.29 is 4.79 Å². The SMILES string of the molecule is CC(C)C(C)NC(=O)/C=C(\C=C\[Si](C)(C)C)c1ccccc1. The number of benzene rings is 1. The average Bonchev–Trinajstić information content (AvgIpc) is 2.43. The summed E-state index contributed by atoms with van der Waals surface area (Å²) in [7, 11) is -1.31. The molecule has 1 unspecified atom stereocenters. The lowest BCUT2D eigenvalue weighted by Gasteiger charge is -2.16. The first-order chi connectivity index (χ1) is 10.2. The van der Waals surface area contributed by atoms with Gasteiger partial charge in [-0.05, 0) is 24.0 Å². The normalized spacial score (nSPS) is 14.4. The molecule has 1 amide bonds. The van der Waals surface area contributed by atoms with E-state index in [1.165, 1.54) is 0 Å². The Morgan fingerprint density at radius 2 is 1.68 bits per heavy atom. The van der Waals surface area contributed by atoms with Gasteiger partial charge in [0, 0.05) is 12.1 Å². The summed E-state index contributed by atoms with van der Waals surface area (Å²) in [5.41, 5.74) is 4.31. The minimum absolute atomic E-state index is 0.0275. The fourth-order valence-corrected chi connectivity index (χ4v) is 2.45. The van der Waals surface area contributed by atoms with E-state index in [4.69, 9.17) is 0 Å². The number of carbonyl (C=O) groups is 1. The third-order valence-electron chi connectivity index (χ3n) is 3.53. The maximum absolute atomic E-state index is 12.3. The second-order valence-electron chi connectivity index (χ2n) is 7.21. The Labute approximate surface area is 136 Å².